The molecule has 0 radical (unpaired) electrons. The summed E-state index contributed by atoms with van der Waals surface area (Å²) in [5, 5.41) is 3.07. The van der Waals surface area contributed by atoms with E-state index < -0.39 is 0 Å². The van der Waals surface area contributed by atoms with Crippen molar-refractivity contribution in [2.45, 2.75) is 57.7 Å². The first kappa shape index (κ1) is 18.7. The van der Waals surface area contributed by atoms with Crippen LogP contribution in [-0.4, -0.2) is 34.8 Å². The standard InChI is InChI=1S/C23H25FN2O2/c1-14-3-4-17(11-15(14)2)23(28)26-20-9-10-21(26)13-19(12-20)25-22(27)16-5-7-18(24)8-6-16/h3-8,11,19-21H,9-10,12-13H2,1-2H3,(H,25,27)/t19?,20-,21+. The van der Waals surface area contributed by atoms with Gasteiger partial charge in [0.2, 0.25) is 0 Å². The zero-order chi connectivity index (χ0) is 19.8. The summed E-state index contributed by atoms with van der Waals surface area (Å²) in [5.41, 5.74) is 3.51. The van der Waals surface area contributed by atoms with Crippen molar-refractivity contribution < 1.29 is 14.0 Å². The van der Waals surface area contributed by atoms with E-state index in [1.54, 1.807) is 0 Å². The minimum Gasteiger partial charge on any atom is -0.349 e. The second-order valence-corrected chi connectivity index (χ2v) is 8.05. The molecule has 1 unspecified atom stereocenters. The number of nitrogens with one attached hydrogen (secondary N) is 1. The average molecular weight is 380 g/mol. The zero-order valence-electron chi connectivity index (χ0n) is 16.2. The Kier molecular flexibility index (Phi) is 4.92. The molecule has 2 aliphatic rings. The van der Waals surface area contributed by atoms with Gasteiger partial charge in [0, 0.05) is 29.3 Å². The number of piperidine rings is 1. The second kappa shape index (κ2) is 7.38. The molecule has 3 atom stereocenters. The lowest BCUT2D eigenvalue weighted by Gasteiger charge is -2.39. The molecule has 2 fully saturated rings. The van der Waals surface area contributed by atoms with E-state index in [9.17, 15) is 14.0 Å². The van der Waals surface area contributed by atoms with E-state index in [0.717, 1.165) is 36.8 Å². The molecule has 2 aromatic carbocycles. The minimum atomic E-state index is -0.354. The molecule has 0 aromatic heterocycles. The van der Waals surface area contributed by atoms with Gasteiger partial charge in [-0.1, -0.05) is 6.07 Å². The van der Waals surface area contributed by atoms with Gasteiger partial charge in [-0.3, -0.25) is 9.59 Å². The number of amides is 2. The van der Waals surface area contributed by atoms with Gasteiger partial charge in [0.25, 0.3) is 11.8 Å². The Balaban J connectivity index is 1.44. The van der Waals surface area contributed by atoms with Crippen LogP contribution in [0.25, 0.3) is 0 Å². The third-order valence-corrected chi connectivity index (χ3v) is 6.16. The molecule has 2 heterocycles. The Morgan fingerprint density at radius 2 is 1.54 bits per heavy atom. The minimum absolute atomic E-state index is 0.0406. The van der Waals surface area contributed by atoms with Gasteiger partial charge in [-0.2, -0.15) is 0 Å². The summed E-state index contributed by atoms with van der Waals surface area (Å²) in [4.78, 5) is 27.6. The summed E-state index contributed by atoms with van der Waals surface area (Å²) in [6.45, 7) is 4.07. The molecular formula is C23H25FN2O2. The summed E-state index contributed by atoms with van der Waals surface area (Å²) < 4.78 is 13.1. The number of fused-ring (bicyclic) bond motifs is 2. The van der Waals surface area contributed by atoms with Crippen LogP contribution in [0.3, 0.4) is 0 Å². The molecule has 4 rings (SSSR count). The molecule has 1 N–H and O–H groups in total. The molecule has 0 aliphatic carbocycles. The number of carbonyl (C=O) groups is 2. The fourth-order valence-corrected chi connectivity index (χ4v) is 4.52. The highest BCUT2D eigenvalue weighted by atomic mass is 19.1. The van der Waals surface area contributed by atoms with E-state index in [-0.39, 0.29) is 35.8 Å². The highest BCUT2D eigenvalue weighted by Gasteiger charge is 2.43. The number of rotatable bonds is 3. The monoisotopic (exact) mass is 380 g/mol. The van der Waals surface area contributed by atoms with Crippen molar-refractivity contribution in [1.29, 1.82) is 0 Å². The van der Waals surface area contributed by atoms with Crippen LogP contribution in [0.15, 0.2) is 42.5 Å². The first-order valence-electron chi connectivity index (χ1n) is 9.88. The largest absolute Gasteiger partial charge is 0.349 e. The summed E-state index contributed by atoms with van der Waals surface area (Å²) >= 11 is 0. The first-order chi connectivity index (χ1) is 13.4. The molecule has 4 nitrogen and oxygen atoms in total. The normalized spacial score (nSPS) is 23.5. The summed E-state index contributed by atoms with van der Waals surface area (Å²) in [6.07, 6.45) is 3.48. The van der Waals surface area contributed by atoms with Crippen LogP contribution < -0.4 is 5.32 Å². The third kappa shape index (κ3) is 3.53. The highest BCUT2D eigenvalue weighted by Crippen LogP contribution is 2.37. The van der Waals surface area contributed by atoms with Crippen molar-refractivity contribution in [2.24, 2.45) is 0 Å². The molecule has 146 valence electrons. The van der Waals surface area contributed by atoms with Gasteiger partial charge in [0.1, 0.15) is 5.82 Å². The number of nitrogens with zero attached hydrogens (tertiary/aromatic N) is 1. The molecule has 2 saturated heterocycles. The SMILES string of the molecule is Cc1ccc(C(=O)N2[C@@H]3CC[C@H]2CC(NC(=O)c2ccc(F)cc2)C3)cc1C. The number of halogens is 1. The maximum Gasteiger partial charge on any atom is 0.254 e. The van der Waals surface area contributed by atoms with Gasteiger partial charge >= 0.3 is 0 Å². The fourth-order valence-electron chi connectivity index (χ4n) is 4.52. The van der Waals surface area contributed by atoms with Gasteiger partial charge in [-0.25, -0.2) is 4.39 Å². The van der Waals surface area contributed by atoms with Crippen molar-refractivity contribution in [1.82, 2.24) is 10.2 Å². The van der Waals surface area contributed by atoms with Crippen molar-refractivity contribution >= 4 is 11.8 Å². The van der Waals surface area contributed by atoms with E-state index in [1.165, 1.54) is 29.8 Å². The molecule has 5 heteroatoms. The third-order valence-electron chi connectivity index (χ3n) is 6.16. The summed E-state index contributed by atoms with van der Waals surface area (Å²) in [5.74, 6) is -0.440. The Bertz CT molecular complexity index is 895. The molecule has 2 aromatic rings. The van der Waals surface area contributed by atoms with Crippen LogP contribution >= 0.6 is 0 Å². The Morgan fingerprint density at radius 1 is 0.929 bits per heavy atom. The van der Waals surface area contributed by atoms with Gasteiger partial charge in [0.05, 0.1) is 0 Å². The maximum atomic E-state index is 13.1. The van der Waals surface area contributed by atoms with E-state index in [1.807, 2.05) is 36.9 Å². The lowest BCUT2D eigenvalue weighted by molar-refractivity contribution is 0.0549. The average Bonchev–Trinajstić information content (AvgIpc) is 2.94. The number of aryl methyl sites for hydroxylation is 2. The van der Waals surface area contributed by atoms with Crippen molar-refractivity contribution in [2.75, 3.05) is 0 Å². The molecule has 2 bridgehead atoms. The first-order valence-corrected chi connectivity index (χ1v) is 9.88. The molecule has 2 aliphatic heterocycles. The predicted octanol–water partition coefficient (Wildman–Crippen LogP) is 4.01. The smallest absolute Gasteiger partial charge is 0.254 e. The van der Waals surface area contributed by atoms with Crippen molar-refractivity contribution in [3.05, 3.63) is 70.5 Å². The van der Waals surface area contributed by atoms with E-state index in [2.05, 4.69) is 5.32 Å². The Morgan fingerprint density at radius 3 is 2.14 bits per heavy atom. The molecule has 2 amide bonds. The van der Waals surface area contributed by atoms with Crippen LogP contribution in [0.1, 0.15) is 57.5 Å². The van der Waals surface area contributed by atoms with E-state index >= 15 is 0 Å². The Hall–Kier alpha value is -2.69. The van der Waals surface area contributed by atoms with E-state index in [0.29, 0.717) is 5.56 Å². The number of hydrogen-bond donors (Lipinski definition) is 1. The molecule has 0 spiro atoms. The van der Waals surface area contributed by atoms with Crippen LogP contribution in [0.5, 0.6) is 0 Å². The summed E-state index contributed by atoms with van der Waals surface area (Å²) in [6, 6.07) is 11.8. The van der Waals surface area contributed by atoms with Gasteiger partial charge in [-0.15, -0.1) is 0 Å². The van der Waals surface area contributed by atoms with Crippen LogP contribution in [0, 0.1) is 19.7 Å². The van der Waals surface area contributed by atoms with Crippen LogP contribution in [0.4, 0.5) is 4.39 Å². The van der Waals surface area contributed by atoms with Gasteiger partial charge in [-0.05, 0) is 87.1 Å². The summed E-state index contributed by atoms with van der Waals surface area (Å²) in [7, 11) is 0. The lowest BCUT2D eigenvalue weighted by atomic mass is 9.95. The lowest BCUT2D eigenvalue weighted by Crippen LogP contribution is -2.52. The number of hydrogen-bond acceptors (Lipinski definition) is 2. The van der Waals surface area contributed by atoms with E-state index in [4.69, 9.17) is 0 Å². The molecule has 0 saturated carbocycles. The number of carbonyl (C=O) groups excluding carboxylic acids is 2. The second-order valence-electron chi connectivity index (χ2n) is 8.05. The predicted molar refractivity (Wildman–Crippen MR) is 106 cm³/mol. The van der Waals surface area contributed by atoms with Crippen LogP contribution in [0.2, 0.25) is 0 Å². The topological polar surface area (TPSA) is 49.4 Å². The zero-order valence-corrected chi connectivity index (χ0v) is 16.2. The van der Waals surface area contributed by atoms with Gasteiger partial charge in [0.15, 0.2) is 0 Å². The number of benzene rings is 2. The van der Waals surface area contributed by atoms with Crippen molar-refractivity contribution in [3.63, 3.8) is 0 Å². The highest BCUT2D eigenvalue weighted by molar-refractivity contribution is 5.96. The fraction of sp³-hybridized carbons (Fsp3) is 0.391. The van der Waals surface area contributed by atoms with Gasteiger partial charge < -0.3 is 10.2 Å². The van der Waals surface area contributed by atoms with Crippen LogP contribution in [-0.2, 0) is 0 Å². The molecular weight excluding hydrogens is 355 g/mol. The Labute approximate surface area is 164 Å². The van der Waals surface area contributed by atoms with Crippen molar-refractivity contribution in [3.8, 4) is 0 Å². The quantitative estimate of drug-likeness (QED) is 0.875. The molecule has 28 heavy (non-hydrogen) atoms. The maximum absolute atomic E-state index is 13.1.